The minimum absolute atomic E-state index is 0.0967. The first kappa shape index (κ1) is 22.0. The van der Waals surface area contributed by atoms with Gasteiger partial charge in [-0.25, -0.2) is 4.98 Å². The van der Waals surface area contributed by atoms with Crippen LogP contribution in [0.1, 0.15) is 33.8 Å². The lowest BCUT2D eigenvalue weighted by Gasteiger charge is -2.30. The molecule has 7 nitrogen and oxygen atoms in total. The fourth-order valence-corrected chi connectivity index (χ4v) is 4.56. The van der Waals surface area contributed by atoms with Gasteiger partial charge in [0.1, 0.15) is 10.8 Å². The molecule has 0 bridgehead atoms. The lowest BCUT2D eigenvalue weighted by Crippen LogP contribution is -2.38. The average molecular weight is 451 g/mol. The summed E-state index contributed by atoms with van der Waals surface area (Å²) in [6, 6.07) is 12.0. The molecule has 0 saturated carbocycles. The largest absolute Gasteiger partial charge is 0.497 e. The molecule has 1 fully saturated rings. The average Bonchev–Trinajstić information content (AvgIpc) is 3.33. The number of ether oxygens (including phenoxy) is 1. The second-order valence-electron chi connectivity index (χ2n) is 7.79. The summed E-state index contributed by atoms with van der Waals surface area (Å²) in [7, 11) is 1.58. The van der Waals surface area contributed by atoms with Crippen LogP contribution in [0.4, 0.5) is 11.4 Å². The highest BCUT2D eigenvalue weighted by atomic mass is 32.1. The Labute approximate surface area is 191 Å². The zero-order chi connectivity index (χ0) is 22.5. The van der Waals surface area contributed by atoms with Gasteiger partial charge >= 0.3 is 0 Å². The molecule has 2 heterocycles. The van der Waals surface area contributed by atoms with Gasteiger partial charge in [0.25, 0.3) is 0 Å². The fraction of sp³-hybridized carbons (Fsp3) is 0.292. The third-order valence-corrected chi connectivity index (χ3v) is 6.51. The molecular weight excluding hydrogens is 424 g/mol. The van der Waals surface area contributed by atoms with E-state index in [-0.39, 0.29) is 17.6 Å². The molecule has 3 N–H and O–H groups in total. The maximum Gasteiger partial charge on any atom is 0.227 e. The summed E-state index contributed by atoms with van der Waals surface area (Å²) in [5.74, 6) is 0.254. The van der Waals surface area contributed by atoms with Crippen molar-refractivity contribution in [2.24, 2.45) is 5.92 Å². The van der Waals surface area contributed by atoms with Crippen LogP contribution in [0.5, 0.6) is 5.75 Å². The van der Waals surface area contributed by atoms with E-state index < -0.39 is 0 Å². The number of para-hydroxylation sites is 1. The Bertz CT molecular complexity index is 1080. The first-order chi connectivity index (χ1) is 15.5. The Balaban J connectivity index is 1.43. The number of carbonyl (C=O) groups excluding carboxylic acids is 2. The number of nitrogen functional groups attached to an aromatic ring is 1. The van der Waals surface area contributed by atoms with Crippen molar-refractivity contribution in [2.45, 2.75) is 19.4 Å². The summed E-state index contributed by atoms with van der Waals surface area (Å²) in [6.07, 6.45) is 3.33. The van der Waals surface area contributed by atoms with E-state index in [0.29, 0.717) is 28.3 Å². The number of thiazole rings is 1. The lowest BCUT2D eigenvalue weighted by atomic mass is 9.95. The minimum atomic E-state index is -0.200. The Morgan fingerprint density at radius 3 is 2.59 bits per heavy atom. The Hall–Kier alpha value is -3.23. The third kappa shape index (κ3) is 4.98. The first-order valence-corrected chi connectivity index (χ1v) is 11.4. The molecule has 32 heavy (non-hydrogen) atoms. The number of methoxy groups -OCH3 is 1. The van der Waals surface area contributed by atoms with Gasteiger partial charge in [-0.05, 0) is 62.3 Å². The maximum atomic E-state index is 13.1. The first-order valence-electron chi connectivity index (χ1n) is 10.5. The van der Waals surface area contributed by atoms with Crippen molar-refractivity contribution in [3.63, 3.8) is 0 Å². The number of hydrogen-bond acceptors (Lipinski definition) is 7. The minimum Gasteiger partial charge on any atom is -0.497 e. The van der Waals surface area contributed by atoms with E-state index in [4.69, 9.17) is 10.5 Å². The molecule has 3 aromatic rings. The molecule has 1 amide bonds. The van der Waals surface area contributed by atoms with Crippen molar-refractivity contribution in [1.82, 2.24) is 9.88 Å². The van der Waals surface area contributed by atoms with E-state index in [9.17, 15) is 9.59 Å². The van der Waals surface area contributed by atoms with Crippen LogP contribution in [-0.4, -0.2) is 41.8 Å². The molecule has 0 spiro atoms. The van der Waals surface area contributed by atoms with E-state index in [0.717, 1.165) is 37.5 Å². The molecule has 1 aliphatic heterocycles. The molecule has 0 unspecified atom stereocenters. The van der Waals surface area contributed by atoms with Gasteiger partial charge in [0.2, 0.25) is 5.91 Å². The highest BCUT2D eigenvalue weighted by Crippen LogP contribution is 2.29. The summed E-state index contributed by atoms with van der Waals surface area (Å²) in [4.78, 5) is 32.8. The fourth-order valence-electron chi connectivity index (χ4n) is 3.90. The Morgan fingerprint density at radius 2 is 1.94 bits per heavy atom. The quantitative estimate of drug-likeness (QED) is 0.420. The topological polar surface area (TPSA) is 97.5 Å². The van der Waals surface area contributed by atoms with Crippen molar-refractivity contribution < 1.29 is 14.3 Å². The number of likely N-dealkylation sites (tertiary alicyclic amines) is 1. The summed E-state index contributed by atoms with van der Waals surface area (Å²) >= 11 is 1.65. The summed E-state index contributed by atoms with van der Waals surface area (Å²) in [6.45, 7) is 2.48. The highest BCUT2D eigenvalue weighted by Gasteiger charge is 2.27. The summed E-state index contributed by atoms with van der Waals surface area (Å²) < 4.78 is 5.16. The van der Waals surface area contributed by atoms with Crippen molar-refractivity contribution >= 4 is 34.4 Å². The summed E-state index contributed by atoms with van der Waals surface area (Å²) in [5.41, 5.74) is 7.79. The van der Waals surface area contributed by atoms with Gasteiger partial charge in [0.05, 0.1) is 25.0 Å². The van der Waals surface area contributed by atoms with E-state index in [1.54, 1.807) is 60.9 Å². The molecule has 1 saturated heterocycles. The number of hydrogen-bond donors (Lipinski definition) is 2. The van der Waals surface area contributed by atoms with Crippen LogP contribution in [0, 0.1) is 5.92 Å². The molecular formula is C24H26N4O3S. The van der Waals surface area contributed by atoms with Gasteiger partial charge in [-0.1, -0.05) is 6.07 Å². The normalized spacial score (nSPS) is 14.8. The Kier molecular flexibility index (Phi) is 6.82. The van der Waals surface area contributed by atoms with Crippen molar-refractivity contribution in [1.29, 1.82) is 0 Å². The molecule has 166 valence electrons. The predicted octanol–water partition coefficient (Wildman–Crippen LogP) is 3.82. The number of aromatic nitrogens is 1. The van der Waals surface area contributed by atoms with Gasteiger partial charge in [-0.2, -0.15) is 0 Å². The van der Waals surface area contributed by atoms with Crippen molar-refractivity contribution in [3.05, 3.63) is 70.2 Å². The predicted molar refractivity (Wildman–Crippen MR) is 126 cm³/mol. The van der Waals surface area contributed by atoms with Crippen LogP contribution < -0.4 is 15.8 Å². The zero-order valence-corrected chi connectivity index (χ0v) is 18.7. The van der Waals surface area contributed by atoms with Gasteiger partial charge < -0.3 is 15.8 Å². The number of anilines is 2. The molecule has 8 heteroatoms. The second-order valence-corrected chi connectivity index (χ2v) is 8.77. The van der Waals surface area contributed by atoms with Crippen molar-refractivity contribution in [2.75, 3.05) is 31.2 Å². The van der Waals surface area contributed by atoms with Crippen LogP contribution in [0.3, 0.4) is 0 Å². The van der Waals surface area contributed by atoms with Gasteiger partial charge in [0, 0.05) is 28.6 Å². The number of nitrogens with two attached hydrogens (primary N) is 1. The lowest BCUT2D eigenvalue weighted by molar-refractivity contribution is -0.121. The number of amides is 1. The number of benzene rings is 2. The van der Waals surface area contributed by atoms with Gasteiger partial charge in [-0.15, -0.1) is 11.3 Å². The van der Waals surface area contributed by atoms with Crippen LogP contribution in [-0.2, 0) is 11.3 Å². The third-order valence-electron chi connectivity index (χ3n) is 5.74. The second kappa shape index (κ2) is 9.93. The van der Waals surface area contributed by atoms with Crippen LogP contribution in [0.2, 0.25) is 0 Å². The van der Waals surface area contributed by atoms with Crippen LogP contribution in [0.15, 0.2) is 54.0 Å². The molecule has 1 aliphatic rings. The molecule has 2 aromatic carbocycles. The molecule has 0 radical (unpaired) electrons. The maximum absolute atomic E-state index is 13.1. The standard InChI is InChI=1S/C24H26N4O3S/c1-31-18-7-5-16(6-8-18)23(29)19-3-2-4-20(25)22(19)27-24(30)17-9-12-28(13-10-17)15-21-26-11-14-32-21/h2-8,11,14,17H,9-10,12-13,15,25H2,1H3,(H,27,30). The Morgan fingerprint density at radius 1 is 1.19 bits per heavy atom. The number of nitrogens with zero attached hydrogens (tertiary/aromatic N) is 2. The highest BCUT2D eigenvalue weighted by molar-refractivity contribution is 7.09. The van der Waals surface area contributed by atoms with E-state index >= 15 is 0 Å². The van der Waals surface area contributed by atoms with E-state index in [2.05, 4.69) is 15.2 Å². The van der Waals surface area contributed by atoms with Crippen LogP contribution in [0.25, 0.3) is 0 Å². The monoisotopic (exact) mass is 450 g/mol. The number of carbonyl (C=O) groups is 2. The number of rotatable bonds is 7. The summed E-state index contributed by atoms with van der Waals surface area (Å²) in [5, 5.41) is 6.01. The molecule has 4 rings (SSSR count). The van der Waals surface area contributed by atoms with Crippen LogP contribution >= 0.6 is 11.3 Å². The SMILES string of the molecule is COc1ccc(C(=O)c2cccc(N)c2NC(=O)C2CCN(Cc3nccs3)CC2)cc1. The zero-order valence-electron chi connectivity index (χ0n) is 17.9. The van der Waals surface area contributed by atoms with Gasteiger partial charge in [-0.3, -0.25) is 14.5 Å². The molecule has 0 aliphatic carbocycles. The molecule has 0 atom stereocenters. The van der Waals surface area contributed by atoms with Crippen molar-refractivity contribution in [3.8, 4) is 5.75 Å². The molecule has 1 aromatic heterocycles. The van der Waals surface area contributed by atoms with E-state index in [1.807, 2.05) is 11.6 Å². The van der Waals surface area contributed by atoms with Gasteiger partial charge in [0.15, 0.2) is 5.78 Å². The van der Waals surface area contributed by atoms with E-state index in [1.165, 1.54) is 0 Å². The smallest absolute Gasteiger partial charge is 0.227 e. The number of piperidine rings is 1. The number of nitrogens with one attached hydrogen (secondary N) is 1. The number of ketones is 1.